The van der Waals surface area contributed by atoms with Crippen LogP contribution in [0.15, 0.2) is 229 Å². The molecule has 4 nitrogen and oxygen atoms in total. The van der Waals surface area contributed by atoms with Gasteiger partial charge in [0.1, 0.15) is 0 Å². The van der Waals surface area contributed by atoms with Crippen molar-refractivity contribution in [2.24, 2.45) is 0 Å². The molecule has 0 amide bonds. The van der Waals surface area contributed by atoms with E-state index < -0.39 is 0 Å². The molecule has 5 heterocycles. The number of para-hydroxylation sites is 2. The molecule has 0 aliphatic carbocycles. The molecule has 15 aromatic rings. The van der Waals surface area contributed by atoms with Gasteiger partial charge in [-0.1, -0.05) is 6.07 Å². The van der Waals surface area contributed by atoms with Crippen LogP contribution >= 0.6 is 0 Å². The van der Waals surface area contributed by atoms with Gasteiger partial charge in [0.25, 0.3) is 0 Å². The predicted octanol–water partition coefficient (Wildman–Crippen LogP) is 16.3. The maximum absolute atomic E-state index is 3.92. The quantitative estimate of drug-likeness (QED) is 0.123. The number of rotatable bonds is 6. The molecule has 5 heteroatoms. The van der Waals surface area contributed by atoms with Gasteiger partial charge < -0.3 is 0 Å². The molecular formula is C66H42N4Se+2. The summed E-state index contributed by atoms with van der Waals surface area (Å²) in [6.45, 7) is 0. The number of hydrogen-bond acceptors (Lipinski definition) is 0. The SMILES string of the molecule is c1ccc(-c2ccc3[nH+]c4ccc5[nH]c6ccccc6c5c4cc3c2-c2ccccc2-c2cc[se]c2-c2ccccc2-c2c(-c3ccccc3)ccc3[nH+]c4ccc5[nH]c6ccccc6c5c4cc23)cc1. The summed E-state index contributed by atoms with van der Waals surface area (Å²) in [6.07, 6.45) is 0. The van der Waals surface area contributed by atoms with Crippen molar-refractivity contribution in [3.63, 3.8) is 0 Å². The molecule has 0 saturated carbocycles. The van der Waals surface area contributed by atoms with Crippen LogP contribution in [0.25, 0.3) is 153 Å². The minimum absolute atomic E-state index is 0.0665. The summed E-state index contributed by atoms with van der Waals surface area (Å²) in [5, 5.41) is 9.73. The Hall–Kier alpha value is -8.86. The van der Waals surface area contributed by atoms with E-state index in [-0.39, 0.29) is 14.5 Å². The third-order valence-electron chi connectivity index (χ3n) is 14.8. The fraction of sp³-hybridized carbons (Fsp3) is 0. The molecule has 71 heavy (non-hydrogen) atoms. The summed E-state index contributed by atoms with van der Waals surface area (Å²) in [6, 6.07) is 82.6. The molecule has 0 unspecified atom stereocenters. The number of benzene rings is 10. The fourth-order valence-electron chi connectivity index (χ4n) is 11.7. The average Bonchev–Trinajstić information content (AvgIpc) is 4.18. The predicted molar refractivity (Wildman–Crippen MR) is 298 cm³/mol. The van der Waals surface area contributed by atoms with Gasteiger partial charge in [-0.05, 0) is 0 Å². The van der Waals surface area contributed by atoms with Crippen LogP contribution in [0.4, 0.5) is 0 Å². The number of aromatic nitrogens is 4. The zero-order valence-corrected chi connectivity index (χ0v) is 40.1. The van der Waals surface area contributed by atoms with Crippen LogP contribution in [0.2, 0.25) is 0 Å². The molecule has 15 rings (SSSR count). The van der Waals surface area contributed by atoms with E-state index in [1.165, 1.54) is 109 Å². The Morgan fingerprint density at radius 2 is 0.704 bits per heavy atom. The molecule has 0 aliphatic heterocycles. The Morgan fingerprint density at radius 3 is 1.24 bits per heavy atom. The van der Waals surface area contributed by atoms with E-state index in [2.05, 4.69) is 249 Å². The second-order valence-electron chi connectivity index (χ2n) is 18.7. The van der Waals surface area contributed by atoms with Gasteiger partial charge in [0.05, 0.1) is 0 Å². The molecule has 4 N–H and O–H groups in total. The Morgan fingerprint density at radius 1 is 0.282 bits per heavy atom. The first-order chi connectivity index (χ1) is 35.2. The third kappa shape index (κ3) is 6.24. The zero-order chi connectivity index (χ0) is 46.6. The Bertz CT molecular complexity index is 4340. The van der Waals surface area contributed by atoms with Gasteiger partial charge in [0, 0.05) is 0 Å². The van der Waals surface area contributed by atoms with E-state index in [9.17, 15) is 0 Å². The first kappa shape index (κ1) is 40.1. The number of fused-ring (bicyclic) bond motifs is 12. The molecule has 330 valence electrons. The number of H-pyrrole nitrogens is 4. The summed E-state index contributed by atoms with van der Waals surface area (Å²) < 4.78 is 1.37. The monoisotopic (exact) mass is 970 g/mol. The topological polar surface area (TPSA) is 59.9 Å². The standard InChI is InChI=1S/C66H40N4Se/c1-3-15-39(16-4-1)41-27-29-56-50(37-52-58(67-56)31-33-60-64(52)48-23-11-13-25-54(48)69-60)62(41)44-20-8-7-19-43(44)47-35-36-71-66(47)46-22-10-9-21-45(46)63-42(40-17-5-2-6-18-40)28-30-57-51(63)38-53-59(68-57)32-34-61-65(53)49-24-12-14-26-55(49)70-61/h1-38,69-70H/p+2. The van der Waals surface area contributed by atoms with Gasteiger partial charge in [-0.3, -0.25) is 0 Å². The summed E-state index contributed by atoms with van der Waals surface area (Å²) in [4.78, 5) is 17.6. The fourth-order valence-corrected chi connectivity index (χ4v) is 13.6. The van der Waals surface area contributed by atoms with E-state index in [4.69, 9.17) is 0 Å². The van der Waals surface area contributed by atoms with Crippen LogP contribution < -0.4 is 9.97 Å². The Balaban J connectivity index is 0.986. The van der Waals surface area contributed by atoms with Crippen molar-refractivity contribution in [3.8, 4) is 65.6 Å². The van der Waals surface area contributed by atoms with Gasteiger partial charge in [0.2, 0.25) is 0 Å². The molecule has 0 aliphatic rings. The molecule has 0 bridgehead atoms. The second kappa shape index (κ2) is 15.8. The van der Waals surface area contributed by atoms with Crippen molar-refractivity contribution >= 4 is 102 Å². The van der Waals surface area contributed by atoms with Gasteiger partial charge in [-0.15, -0.1) is 0 Å². The maximum atomic E-state index is 3.92. The van der Waals surface area contributed by atoms with Gasteiger partial charge >= 0.3 is 411 Å². The average molecular weight is 970 g/mol. The van der Waals surface area contributed by atoms with Crippen LogP contribution in [0, 0.1) is 0 Å². The van der Waals surface area contributed by atoms with Crippen LogP contribution in [-0.4, -0.2) is 24.5 Å². The van der Waals surface area contributed by atoms with Crippen molar-refractivity contribution in [1.82, 2.24) is 9.97 Å². The van der Waals surface area contributed by atoms with Crippen LogP contribution in [0.5, 0.6) is 0 Å². The van der Waals surface area contributed by atoms with Crippen molar-refractivity contribution in [3.05, 3.63) is 229 Å². The molecular weight excluding hydrogens is 928 g/mol. The first-order valence-corrected chi connectivity index (χ1v) is 26.1. The number of nitrogens with one attached hydrogen (secondary N) is 4. The Kier molecular flexibility index (Phi) is 8.94. The summed E-state index contributed by atoms with van der Waals surface area (Å²) in [7, 11) is 0. The van der Waals surface area contributed by atoms with Gasteiger partial charge in [-0.25, -0.2) is 0 Å². The zero-order valence-electron chi connectivity index (χ0n) is 38.3. The van der Waals surface area contributed by atoms with E-state index in [1.54, 1.807) is 0 Å². The van der Waals surface area contributed by atoms with Gasteiger partial charge in [-0.2, -0.15) is 0 Å². The molecule has 10 aromatic carbocycles. The number of hydrogen-bond donors (Lipinski definition) is 2. The van der Waals surface area contributed by atoms with Gasteiger partial charge in [0.15, 0.2) is 0 Å². The molecule has 0 fully saturated rings. The molecule has 0 spiro atoms. The molecule has 0 radical (unpaired) electrons. The van der Waals surface area contributed by atoms with Crippen LogP contribution in [-0.2, 0) is 0 Å². The molecule has 0 saturated heterocycles. The van der Waals surface area contributed by atoms with Crippen LogP contribution in [0.1, 0.15) is 0 Å². The first-order valence-electron chi connectivity index (χ1n) is 24.2. The van der Waals surface area contributed by atoms with Crippen molar-refractivity contribution in [1.29, 1.82) is 0 Å². The van der Waals surface area contributed by atoms with E-state index in [0.717, 1.165) is 44.1 Å². The summed E-state index contributed by atoms with van der Waals surface area (Å²) in [5.41, 5.74) is 22.5. The Labute approximate surface area is 414 Å². The second-order valence-corrected chi connectivity index (χ2v) is 20.6. The molecule has 0 atom stereocenters. The normalized spacial score (nSPS) is 11.9. The van der Waals surface area contributed by atoms with Crippen LogP contribution in [0.3, 0.4) is 0 Å². The summed E-state index contributed by atoms with van der Waals surface area (Å²) in [5.74, 6) is 0. The number of pyridine rings is 2. The van der Waals surface area contributed by atoms with E-state index >= 15 is 0 Å². The van der Waals surface area contributed by atoms with Crippen molar-refractivity contribution in [2.75, 3.05) is 0 Å². The van der Waals surface area contributed by atoms with E-state index in [1.807, 2.05) is 0 Å². The van der Waals surface area contributed by atoms with E-state index in [0.29, 0.717) is 0 Å². The van der Waals surface area contributed by atoms with Crippen molar-refractivity contribution in [2.45, 2.75) is 0 Å². The number of aromatic amines is 4. The third-order valence-corrected chi connectivity index (χ3v) is 16.8. The minimum atomic E-state index is 0.0665. The molecule has 5 aromatic heterocycles. The summed E-state index contributed by atoms with van der Waals surface area (Å²) >= 11 is 0.0665. The van der Waals surface area contributed by atoms with Crippen molar-refractivity contribution < 1.29 is 9.97 Å².